The fourth-order valence-electron chi connectivity index (χ4n) is 4.70. The van der Waals surface area contributed by atoms with Crippen LogP contribution in [-0.4, -0.2) is 46.2 Å². The molecule has 1 fully saturated rings. The Bertz CT molecular complexity index is 1400. The molecule has 0 aliphatic carbocycles. The van der Waals surface area contributed by atoms with Crippen molar-refractivity contribution < 1.29 is 32.3 Å². The number of urea groups is 1. The number of methoxy groups -OCH3 is 1. The highest BCUT2D eigenvalue weighted by molar-refractivity contribution is 6.08. The lowest BCUT2D eigenvalue weighted by Gasteiger charge is -2.31. The van der Waals surface area contributed by atoms with Crippen LogP contribution >= 0.6 is 0 Å². The van der Waals surface area contributed by atoms with Crippen molar-refractivity contribution in [1.29, 1.82) is 0 Å². The fraction of sp³-hybridized carbons (Fsp3) is 0.250. The Balaban J connectivity index is 1.49. The van der Waals surface area contributed by atoms with E-state index in [1.54, 1.807) is 18.2 Å². The second kappa shape index (κ2) is 8.11. The van der Waals surface area contributed by atoms with Gasteiger partial charge in [-0.2, -0.15) is 18.3 Å². The molecule has 4 amide bonds. The van der Waals surface area contributed by atoms with Crippen molar-refractivity contribution in [1.82, 2.24) is 25.3 Å². The van der Waals surface area contributed by atoms with Gasteiger partial charge in [0.15, 0.2) is 5.54 Å². The van der Waals surface area contributed by atoms with E-state index in [1.165, 1.54) is 43.3 Å². The van der Waals surface area contributed by atoms with Gasteiger partial charge in [-0.25, -0.2) is 4.79 Å². The van der Waals surface area contributed by atoms with Crippen LogP contribution in [-0.2, 0) is 30.1 Å². The third-order valence-corrected chi connectivity index (χ3v) is 6.46. The zero-order chi connectivity index (χ0) is 25.8. The van der Waals surface area contributed by atoms with E-state index in [2.05, 4.69) is 15.7 Å². The fourth-order valence-corrected chi connectivity index (χ4v) is 4.70. The van der Waals surface area contributed by atoms with Crippen molar-refractivity contribution in [3.8, 4) is 16.9 Å². The molecule has 3 aromatic rings. The van der Waals surface area contributed by atoms with Crippen LogP contribution in [0.5, 0.6) is 5.75 Å². The lowest BCUT2D eigenvalue weighted by Crippen LogP contribution is -2.52. The number of hydrogen-bond acceptors (Lipinski definition) is 5. The maximum absolute atomic E-state index is 13.5. The molecule has 0 saturated carbocycles. The van der Waals surface area contributed by atoms with Gasteiger partial charge in [-0.1, -0.05) is 30.3 Å². The first-order valence-corrected chi connectivity index (χ1v) is 10.8. The minimum atomic E-state index is -4.62. The second-order valence-corrected chi connectivity index (χ2v) is 8.60. The molecule has 3 heterocycles. The van der Waals surface area contributed by atoms with Crippen LogP contribution < -0.4 is 15.4 Å². The van der Waals surface area contributed by atoms with Crippen molar-refractivity contribution in [2.75, 3.05) is 13.7 Å². The maximum atomic E-state index is 13.5. The lowest BCUT2D eigenvalue weighted by molar-refractivity contribution is -0.143. The monoisotopic (exact) mass is 499 g/mol. The minimum absolute atomic E-state index is 0.121. The Morgan fingerprint density at radius 1 is 1.08 bits per heavy atom. The summed E-state index contributed by atoms with van der Waals surface area (Å²) in [4.78, 5) is 39.7. The van der Waals surface area contributed by atoms with Crippen molar-refractivity contribution >= 4 is 17.8 Å². The summed E-state index contributed by atoms with van der Waals surface area (Å²) in [6.45, 7) is 0.0339. The lowest BCUT2D eigenvalue weighted by atomic mass is 9.88. The highest BCUT2D eigenvalue weighted by atomic mass is 19.4. The van der Waals surface area contributed by atoms with Crippen molar-refractivity contribution in [2.45, 2.75) is 18.3 Å². The van der Waals surface area contributed by atoms with Crippen molar-refractivity contribution in [3.05, 3.63) is 71.0 Å². The van der Waals surface area contributed by atoms with E-state index in [0.29, 0.717) is 16.9 Å². The van der Waals surface area contributed by atoms with Gasteiger partial charge in [0.25, 0.3) is 11.8 Å². The molecular formula is C24H20F3N5O4. The third-order valence-electron chi connectivity index (χ3n) is 6.46. The summed E-state index contributed by atoms with van der Waals surface area (Å²) in [5.74, 6) is -0.493. The van der Waals surface area contributed by atoms with E-state index in [0.717, 1.165) is 16.4 Å². The van der Waals surface area contributed by atoms with Crippen LogP contribution in [0.1, 0.15) is 27.2 Å². The summed E-state index contributed by atoms with van der Waals surface area (Å²) in [5, 5.41) is 8.54. The Hall–Kier alpha value is -4.35. The quantitative estimate of drug-likeness (QED) is 0.526. The molecule has 1 aromatic heterocycles. The number of carbonyl (C=O) groups is 3. The van der Waals surface area contributed by atoms with Crippen LogP contribution in [0.15, 0.2) is 48.7 Å². The Kier molecular flexibility index (Phi) is 5.27. The first-order chi connectivity index (χ1) is 17.0. The van der Waals surface area contributed by atoms with Crippen LogP contribution in [0.3, 0.4) is 0 Å². The number of hydrogen-bond donors (Lipinski definition) is 2. The number of ether oxygens (including phenoxy) is 1. The summed E-state index contributed by atoms with van der Waals surface area (Å²) in [6.07, 6.45) is -3.50. The SMILES string of the molecule is COc1ccc2c(c1)C(=O)N(CC1(c3ccc(-c4cnn(C)c4C(F)(F)F)cc3)NC(=O)NC1=O)C2. The van der Waals surface area contributed by atoms with E-state index >= 15 is 0 Å². The Morgan fingerprint density at radius 2 is 1.81 bits per heavy atom. The highest BCUT2D eigenvalue weighted by Crippen LogP contribution is 2.38. The van der Waals surface area contributed by atoms with Gasteiger partial charge < -0.3 is 15.0 Å². The van der Waals surface area contributed by atoms with E-state index in [1.807, 2.05) is 0 Å². The van der Waals surface area contributed by atoms with Crippen molar-refractivity contribution in [2.24, 2.45) is 7.05 Å². The number of benzene rings is 2. The van der Waals surface area contributed by atoms with Crippen LogP contribution in [0.2, 0.25) is 0 Å². The molecule has 2 aliphatic heterocycles. The van der Waals surface area contributed by atoms with Gasteiger partial charge in [0, 0.05) is 24.7 Å². The molecule has 2 aromatic carbocycles. The number of nitrogens with zero attached hydrogens (tertiary/aromatic N) is 3. The number of imide groups is 1. The molecule has 1 unspecified atom stereocenters. The zero-order valence-electron chi connectivity index (χ0n) is 19.1. The van der Waals surface area contributed by atoms with E-state index in [9.17, 15) is 27.6 Å². The Morgan fingerprint density at radius 3 is 2.42 bits per heavy atom. The number of nitrogens with one attached hydrogen (secondary N) is 2. The number of fused-ring (bicyclic) bond motifs is 1. The molecule has 1 saturated heterocycles. The average Bonchev–Trinajstić information content (AvgIpc) is 3.47. The first kappa shape index (κ1) is 23.4. The molecule has 0 spiro atoms. The molecule has 36 heavy (non-hydrogen) atoms. The molecule has 9 nitrogen and oxygen atoms in total. The van der Waals surface area contributed by atoms with Crippen LogP contribution in [0.25, 0.3) is 11.1 Å². The third kappa shape index (κ3) is 3.65. The number of alkyl halides is 3. The smallest absolute Gasteiger partial charge is 0.433 e. The largest absolute Gasteiger partial charge is 0.497 e. The first-order valence-electron chi connectivity index (χ1n) is 10.8. The summed E-state index contributed by atoms with van der Waals surface area (Å²) >= 11 is 0. The number of aromatic nitrogens is 2. The molecule has 0 bridgehead atoms. The molecule has 2 N–H and O–H groups in total. The van der Waals surface area contributed by atoms with Gasteiger partial charge in [-0.15, -0.1) is 0 Å². The topological polar surface area (TPSA) is 106 Å². The molecule has 2 aliphatic rings. The molecule has 5 rings (SSSR count). The number of carbonyl (C=O) groups excluding carboxylic acids is 3. The van der Waals surface area contributed by atoms with Gasteiger partial charge in [0.1, 0.15) is 11.4 Å². The molecular weight excluding hydrogens is 479 g/mol. The highest BCUT2D eigenvalue weighted by Gasteiger charge is 2.50. The number of amides is 4. The van der Waals surface area contributed by atoms with E-state index in [4.69, 9.17) is 4.74 Å². The molecule has 0 radical (unpaired) electrons. The predicted octanol–water partition coefficient (Wildman–Crippen LogP) is 2.81. The van der Waals surface area contributed by atoms with Crippen LogP contribution in [0.4, 0.5) is 18.0 Å². The normalized spacial score (nSPS) is 19.4. The summed E-state index contributed by atoms with van der Waals surface area (Å²) in [6, 6.07) is 10.1. The number of aryl methyl sites for hydroxylation is 1. The van der Waals surface area contributed by atoms with Gasteiger partial charge in [0.2, 0.25) is 0 Å². The van der Waals surface area contributed by atoms with Gasteiger partial charge in [-0.3, -0.25) is 19.6 Å². The predicted molar refractivity (Wildman–Crippen MR) is 120 cm³/mol. The van der Waals surface area contributed by atoms with Gasteiger partial charge in [0.05, 0.1) is 19.9 Å². The summed E-state index contributed by atoms with van der Waals surface area (Å²) < 4.78 is 46.5. The average molecular weight is 499 g/mol. The minimum Gasteiger partial charge on any atom is -0.497 e. The molecule has 186 valence electrons. The number of halogens is 3. The number of rotatable bonds is 5. The van der Waals surface area contributed by atoms with E-state index < -0.39 is 29.3 Å². The van der Waals surface area contributed by atoms with Crippen molar-refractivity contribution in [3.63, 3.8) is 0 Å². The zero-order valence-corrected chi connectivity index (χ0v) is 19.1. The maximum Gasteiger partial charge on any atom is 0.433 e. The molecule has 12 heteroatoms. The van der Waals surface area contributed by atoms with E-state index in [-0.39, 0.29) is 30.1 Å². The Labute approximate surface area is 202 Å². The molecule has 1 atom stereocenters. The summed E-state index contributed by atoms with van der Waals surface area (Å²) in [7, 11) is 2.69. The summed E-state index contributed by atoms with van der Waals surface area (Å²) in [5.41, 5.74) is -0.936. The van der Waals surface area contributed by atoms with Gasteiger partial charge >= 0.3 is 12.2 Å². The second-order valence-electron chi connectivity index (χ2n) is 8.60. The van der Waals surface area contributed by atoms with Gasteiger partial charge in [-0.05, 0) is 28.8 Å². The van der Waals surface area contributed by atoms with Crippen LogP contribution in [0, 0.1) is 0 Å². The standard InChI is InChI=1S/C24H20F3N5O4/c1-31-19(24(25,26)27)18(10-28-31)13-3-6-15(7-4-13)23(21(34)29-22(35)30-23)12-32-11-14-5-8-16(36-2)9-17(14)20(32)33/h3-10H,11-12H2,1-2H3,(H2,29,30,34,35).